The number of fused-ring (bicyclic) bond motifs is 1. The summed E-state index contributed by atoms with van der Waals surface area (Å²) in [6.45, 7) is 0.624. The number of pyridine rings is 1. The lowest BCUT2D eigenvalue weighted by Gasteiger charge is -2.20. The van der Waals surface area contributed by atoms with E-state index >= 15 is 0 Å². The summed E-state index contributed by atoms with van der Waals surface area (Å²) in [4.78, 5) is 24.3. The number of ether oxygens (including phenoxy) is 1. The highest BCUT2D eigenvalue weighted by molar-refractivity contribution is 5.95. The molecule has 0 saturated heterocycles. The number of carbonyl (C=O) groups excluding carboxylic acids is 1. The molecule has 0 unspecified atom stereocenters. The van der Waals surface area contributed by atoms with Gasteiger partial charge in [0.1, 0.15) is 11.3 Å². The van der Waals surface area contributed by atoms with Gasteiger partial charge in [-0.05, 0) is 17.5 Å². The summed E-state index contributed by atoms with van der Waals surface area (Å²) in [5.74, 6) is -0.322. The number of benzene rings is 2. The lowest BCUT2D eigenvalue weighted by atomic mass is 9.88. The molecular weight excluding hydrogens is 366 g/mol. The van der Waals surface area contributed by atoms with Gasteiger partial charge in [-0.25, -0.2) is 9.89 Å². The van der Waals surface area contributed by atoms with Crippen molar-refractivity contribution in [3.63, 3.8) is 0 Å². The van der Waals surface area contributed by atoms with Crippen molar-refractivity contribution < 1.29 is 9.53 Å². The molecule has 0 aliphatic carbocycles. The summed E-state index contributed by atoms with van der Waals surface area (Å²) < 4.78 is 6.73. The minimum atomic E-state index is -0.515. The van der Waals surface area contributed by atoms with Gasteiger partial charge in [0.15, 0.2) is 0 Å². The van der Waals surface area contributed by atoms with Crippen LogP contribution in [0, 0.1) is 0 Å². The minimum absolute atomic E-state index is 0.193. The van der Waals surface area contributed by atoms with E-state index < -0.39 is 5.97 Å². The number of aromatic nitrogens is 3. The van der Waals surface area contributed by atoms with E-state index in [-0.39, 0.29) is 17.0 Å². The van der Waals surface area contributed by atoms with Crippen molar-refractivity contribution in [1.29, 1.82) is 0 Å². The third-order valence-electron chi connectivity index (χ3n) is 5.10. The van der Waals surface area contributed by atoms with Crippen LogP contribution in [0.5, 0.6) is 0 Å². The summed E-state index contributed by atoms with van der Waals surface area (Å²) >= 11 is 0. The molecule has 0 spiro atoms. The second-order valence-electron chi connectivity index (χ2n) is 6.88. The highest BCUT2D eigenvalue weighted by atomic mass is 16.5. The van der Waals surface area contributed by atoms with Gasteiger partial charge in [-0.2, -0.15) is 5.10 Å². The third-order valence-corrected chi connectivity index (χ3v) is 5.10. The van der Waals surface area contributed by atoms with Gasteiger partial charge >= 0.3 is 5.97 Å². The number of nitrogens with zero attached hydrogens (tertiary/aromatic N) is 2. The molecule has 2 heterocycles. The first-order chi connectivity index (χ1) is 14.2. The fourth-order valence-corrected chi connectivity index (χ4v) is 3.65. The van der Waals surface area contributed by atoms with Gasteiger partial charge < -0.3 is 9.30 Å². The number of aromatic amines is 1. The second-order valence-corrected chi connectivity index (χ2v) is 6.88. The molecule has 0 saturated carbocycles. The second kappa shape index (κ2) is 8.14. The first-order valence-electron chi connectivity index (χ1n) is 9.43. The predicted molar refractivity (Wildman–Crippen MR) is 110 cm³/mol. The molecule has 0 radical (unpaired) electrons. The Balaban J connectivity index is 1.68. The monoisotopic (exact) mass is 387 g/mol. The number of aryl methyl sites for hydroxylation is 1. The summed E-state index contributed by atoms with van der Waals surface area (Å²) in [5, 5.41) is 6.38. The smallest absolute Gasteiger partial charge is 0.341 e. The lowest BCUT2D eigenvalue weighted by molar-refractivity contribution is 0.0600. The average molecular weight is 387 g/mol. The van der Waals surface area contributed by atoms with Gasteiger partial charge in [-0.3, -0.25) is 4.79 Å². The van der Waals surface area contributed by atoms with Crippen LogP contribution < -0.4 is 5.56 Å². The minimum Gasteiger partial charge on any atom is -0.465 e. The van der Waals surface area contributed by atoms with Crippen LogP contribution in [-0.4, -0.2) is 27.8 Å². The Hall–Kier alpha value is -3.67. The van der Waals surface area contributed by atoms with Gasteiger partial charge in [0, 0.05) is 24.9 Å². The number of rotatable bonds is 6. The number of esters is 1. The van der Waals surface area contributed by atoms with Gasteiger partial charge in [-0.1, -0.05) is 60.7 Å². The standard InChI is InChI=1S/C23H21N3O3/c1-29-23(28)20-15-26(14-19-21(20)24-25-22(19)27)13-12-18(16-8-4-2-5-9-16)17-10-6-3-7-11-17/h2-11,14-15,18H,12-13H2,1H3,(H,25,27). The largest absolute Gasteiger partial charge is 0.465 e. The van der Waals surface area contributed by atoms with E-state index in [1.54, 1.807) is 12.4 Å². The molecule has 0 atom stereocenters. The molecule has 0 bridgehead atoms. The number of methoxy groups -OCH3 is 1. The van der Waals surface area contributed by atoms with Crippen LogP contribution in [0.2, 0.25) is 0 Å². The zero-order valence-electron chi connectivity index (χ0n) is 16.0. The maximum atomic E-state index is 12.2. The van der Waals surface area contributed by atoms with Crippen molar-refractivity contribution in [1.82, 2.24) is 14.8 Å². The third kappa shape index (κ3) is 3.82. The molecule has 146 valence electrons. The van der Waals surface area contributed by atoms with Crippen molar-refractivity contribution in [3.8, 4) is 11.3 Å². The fourth-order valence-electron chi connectivity index (χ4n) is 3.65. The number of hydrogen-bond acceptors (Lipinski definition) is 4. The van der Waals surface area contributed by atoms with Gasteiger partial charge in [0.2, 0.25) is 0 Å². The Bertz CT molecular complexity index is 1090. The SMILES string of the molecule is COC(=O)c1cn(CCC(c2ccccc2)c2ccccc2)cc2c(=O)[nH]nc1-2. The van der Waals surface area contributed by atoms with E-state index in [0.29, 0.717) is 17.8 Å². The quantitative estimate of drug-likeness (QED) is 0.512. The molecule has 2 aliphatic heterocycles. The summed E-state index contributed by atoms with van der Waals surface area (Å²) in [7, 11) is 1.32. The van der Waals surface area contributed by atoms with E-state index in [1.165, 1.54) is 18.2 Å². The highest BCUT2D eigenvalue weighted by Gasteiger charge is 2.22. The van der Waals surface area contributed by atoms with Gasteiger partial charge in [0.25, 0.3) is 5.56 Å². The first-order valence-corrected chi connectivity index (χ1v) is 9.43. The molecule has 2 aromatic rings. The molecule has 4 rings (SSSR count). The molecule has 1 N–H and O–H groups in total. The number of hydrogen-bond donors (Lipinski definition) is 1. The van der Waals surface area contributed by atoms with Crippen LogP contribution in [0.3, 0.4) is 0 Å². The Kier molecular flexibility index (Phi) is 5.24. The van der Waals surface area contributed by atoms with Crippen LogP contribution in [0.4, 0.5) is 0 Å². The average Bonchev–Trinajstić information content (AvgIpc) is 3.15. The molecule has 6 heteroatoms. The van der Waals surface area contributed by atoms with E-state index in [9.17, 15) is 9.59 Å². The topological polar surface area (TPSA) is 77.0 Å². The van der Waals surface area contributed by atoms with Crippen molar-refractivity contribution in [2.24, 2.45) is 0 Å². The van der Waals surface area contributed by atoms with Crippen LogP contribution in [0.25, 0.3) is 11.3 Å². The lowest BCUT2D eigenvalue weighted by Crippen LogP contribution is -2.13. The number of nitrogens with one attached hydrogen (secondary N) is 1. The summed E-state index contributed by atoms with van der Waals surface area (Å²) in [5.41, 5.74) is 3.12. The maximum absolute atomic E-state index is 12.2. The zero-order valence-corrected chi connectivity index (χ0v) is 16.0. The van der Waals surface area contributed by atoms with E-state index in [4.69, 9.17) is 4.74 Å². The molecule has 2 aromatic carbocycles. The Morgan fingerprint density at radius 2 is 1.66 bits per heavy atom. The predicted octanol–water partition coefficient (Wildman–Crippen LogP) is 3.69. The van der Waals surface area contributed by atoms with Crippen LogP contribution in [-0.2, 0) is 11.3 Å². The Morgan fingerprint density at radius 1 is 1.03 bits per heavy atom. The van der Waals surface area contributed by atoms with Crippen molar-refractivity contribution in [2.75, 3.05) is 7.11 Å². The highest BCUT2D eigenvalue weighted by Crippen LogP contribution is 2.29. The van der Waals surface area contributed by atoms with Crippen molar-refractivity contribution >= 4 is 5.97 Å². The number of carbonyl (C=O) groups is 1. The maximum Gasteiger partial charge on any atom is 0.341 e. The van der Waals surface area contributed by atoms with Gasteiger partial charge in [-0.15, -0.1) is 0 Å². The molecular formula is C23H21N3O3. The van der Waals surface area contributed by atoms with E-state index in [0.717, 1.165) is 6.42 Å². The number of H-pyrrole nitrogens is 1. The Labute approximate surface area is 168 Å². The van der Waals surface area contributed by atoms with Crippen LogP contribution >= 0.6 is 0 Å². The fraction of sp³-hybridized carbons (Fsp3) is 0.174. The molecule has 29 heavy (non-hydrogen) atoms. The normalized spacial score (nSPS) is 11.1. The first kappa shape index (κ1) is 18.7. The molecule has 0 amide bonds. The van der Waals surface area contributed by atoms with Crippen molar-refractivity contribution in [3.05, 3.63) is 100 Å². The molecule has 2 aliphatic rings. The zero-order chi connectivity index (χ0) is 20.2. The van der Waals surface area contributed by atoms with Crippen LogP contribution in [0.15, 0.2) is 77.9 Å². The summed E-state index contributed by atoms with van der Waals surface area (Å²) in [6, 6.07) is 20.6. The van der Waals surface area contributed by atoms with E-state index in [2.05, 4.69) is 34.5 Å². The van der Waals surface area contributed by atoms with E-state index in [1.807, 2.05) is 41.0 Å². The van der Waals surface area contributed by atoms with Crippen LogP contribution in [0.1, 0.15) is 33.8 Å². The Morgan fingerprint density at radius 3 is 2.24 bits per heavy atom. The molecule has 6 nitrogen and oxygen atoms in total. The van der Waals surface area contributed by atoms with Gasteiger partial charge in [0.05, 0.1) is 12.7 Å². The summed E-state index contributed by atoms with van der Waals surface area (Å²) in [6.07, 6.45) is 4.24. The van der Waals surface area contributed by atoms with Crippen molar-refractivity contribution in [2.45, 2.75) is 18.9 Å². The molecule has 0 fully saturated rings. The molecule has 0 aromatic heterocycles.